The molecule has 5 nitrogen and oxygen atoms in total. The fourth-order valence-corrected chi connectivity index (χ4v) is 5.46. The van der Waals surface area contributed by atoms with E-state index in [1.807, 2.05) is 59.6 Å². The Morgan fingerprint density at radius 3 is 2.66 bits per heavy atom. The van der Waals surface area contributed by atoms with Crippen molar-refractivity contribution in [2.45, 2.75) is 25.2 Å². The highest BCUT2D eigenvalue weighted by atomic mass is 32.2. The van der Waals surface area contributed by atoms with Crippen LogP contribution in [-0.4, -0.2) is 21.8 Å². The van der Waals surface area contributed by atoms with Crippen LogP contribution in [-0.2, 0) is 0 Å². The maximum Gasteiger partial charge on any atom is 0.314 e. The fourth-order valence-electron chi connectivity index (χ4n) is 4.56. The average molecular weight is 440 g/mol. The Kier molecular flexibility index (Phi) is 4.36. The third-order valence-corrected chi connectivity index (χ3v) is 7.06. The number of rotatable bonds is 2. The van der Waals surface area contributed by atoms with Gasteiger partial charge in [-0.15, -0.1) is 0 Å². The number of hydrazone groups is 1. The van der Waals surface area contributed by atoms with Crippen molar-refractivity contribution in [2.24, 2.45) is 5.10 Å². The van der Waals surface area contributed by atoms with Crippen LogP contribution in [0.3, 0.4) is 0 Å². The monoisotopic (exact) mass is 439 g/mol. The topological polar surface area (TPSA) is 53.9 Å². The Hall–Kier alpha value is -3.51. The number of carbonyl (C=O) groups is 1. The van der Waals surface area contributed by atoms with Crippen LogP contribution in [0.15, 0.2) is 88.9 Å². The van der Waals surface area contributed by atoms with Gasteiger partial charge in [0.25, 0.3) is 5.24 Å². The van der Waals surface area contributed by atoms with Crippen molar-refractivity contribution in [3.8, 4) is 5.75 Å². The summed E-state index contributed by atoms with van der Waals surface area (Å²) in [5.74, 6) is -0.392. The first kappa shape index (κ1) is 19.2. The molecule has 1 saturated heterocycles. The quantitative estimate of drug-likeness (QED) is 0.557. The normalized spacial score (nSPS) is 24.7. The van der Waals surface area contributed by atoms with Crippen molar-refractivity contribution in [1.29, 1.82) is 0 Å². The van der Waals surface area contributed by atoms with Crippen LogP contribution in [0.2, 0.25) is 0 Å². The Morgan fingerprint density at radius 1 is 1.06 bits per heavy atom. The number of carbonyl (C=O) groups excluding carboxylic acids is 1. The Morgan fingerprint density at radius 2 is 1.81 bits per heavy atom. The number of benzene rings is 3. The summed E-state index contributed by atoms with van der Waals surface area (Å²) in [5.41, 5.74) is 5.33. The first-order chi connectivity index (χ1) is 15.6. The number of nitrogens with one attached hydrogen (secondary N) is 1. The first-order valence-electron chi connectivity index (χ1n) is 10.6. The minimum absolute atomic E-state index is 0.0329. The molecule has 158 valence electrons. The van der Waals surface area contributed by atoms with E-state index in [1.54, 1.807) is 0 Å². The molecule has 3 aromatic carbocycles. The zero-order chi connectivity index (χ0) is 21.7. The second-order valence-corrected chi connectivity index (χ2v) is 9.16. The van der Waals surface area contributed by atoms with Gasteiger partial charge in [0.05, 0.1) is 16.7 Å². The lowest BCUT2D eigenvalue weighted by atomic mass is 9.95. The van der Waals surface area contributed by atoms with Crippen molar-refractivity contribution in [2.75, 3.05) is 0 Å². The van der Waals surface area contributed by atoms with E-state index in [-0.39, 0.29) is 11.3 Å². The molecule has 1 fully saturated rings. The molecule has 2 atom stereocenters. The number of amides is 1. The van der Waals surface area contributed by atoms with Crippen LogP contribution in [0.4, 0.5) is 4.79 Å². The summed E-state index contributed by atoms with van der Waals surface area (Å²) in [7, 11) is 0. The molecule has 6 rings (SSSR count). The molecule has 0 aromatic heterocycles. The number of hydrogen-bond donors (Lipinski definition) is 1. The van der Waals surface area contributed by atoms with Gasteiger partial charge in [-0.3, -0.25) is 10.1 Å². The predicted octanol–water partition coefficient (Wildman–Crippen LogP) is 5.69. The molecule has 3 aromatic rings. The van der Waals surface area contributed by atoms with Crippen LogP contribution in [0.5, 0.6) is 5.75 Å². The summed E-state index contributed by atoms with van der Waals surface area (Å²) in [6.45, 7) is 2.06. The van der Waals surface area contributed by atoms with Gasteiger partial charge in [0, 0.05) is 12.0 Å². The fraction of sp³-hybridized carbons (Fsp3) is 0.154. The lowest BCUT2D eigenvalue weighted by molar-refractivity contribution is -0.0949. The van der Waals surface area contributed by atoms with Gasteiger partial charge < -0.3 is 4.74 Å². The summed E-state index contributed by atoms with van der Waals surface area (Å²) in [5, 5.41) is 9.91. The smallest absolute Gasteiger partial charge is 0.314 e. The minimum atomic E-state index is -1.17. The molecular weight excluding hydrogens is 418 g/mol. The molecule has 3 aliphatic rings. The number of para-hydroxylation sites is 1. The summed E-state index contributed by atoms with van der Waals surface area (Å²) >= 11 is 1.17. The maximum absolute atomic E-state index is 12.7. The number of ether oxygens (including phenoxy) is 1. The van der Waals surface area contributed by atoms with Crippen LogP contribution >= 0.6 is 11.8 Å². The number of hydrogen-bond acceptors (Lipinski definition) is 5. The van der Waals surface area contributed by atoms with E-state index in [9.17, 15) is 4.79 Å². The van der Waals surface area contributed by atoms with Gasteiger partial charge in [-0.1, -0.05) is 72.8 Å². The highest BCUT2D eigenvalue weighted by Crippen LogP contribution is 2.52. The maximum atomic E-state index is 12.7. The van der Waals surface area contributed by atoms with Crippen LogP contribution in [0.25, 0.3) is 6.08 Å². The van der Waals surface area contributed by atoms with Crippen molar-refractivity contribution < 1.29 is 9.53 Å². The summed E-state index contributed by atoms with van der Waals surface area (Å²) in [6, 6.07) is 26.3. The number of aryl methyl sites for hydroxylation is 1. The second-order valence-electron chi connectivity index (χ2n) is 8.14. The van der Waals surface area contributed by atoms with E-state index in [4.69, 9.17) is 9.84 Å². The van der Waals surface area contributed by atoms with Crippen molar-refractivity contribution in [3.63, 3.8) is 0 Å². The summed E-state index contributed by atoms with van der Waals surface area (Å²) < 4.78 is 6.57. The SMILES string of the molecule is Cc1ccccc1/C=C1\SC(=O)N[C@]12Oc1ccccc1[C@@H]1CC(c3ccccc3)=NN12. The molecule has 3 aliphatic heterocycles. The van der Waals surface area contributed by atoms with Crippen molar-refractivity contribution >= 4 is 28.8 Å². The molecule has 0 bridgehead atoms. The molecular formula is C26H21N3O2S. The van der Waals surface area contributed by atoms with Crippen molar-refractivity contribution in [1.82, 2.24) is 10.3 Å². The largest absolute Gasteiger partial charge is 0.444 e. The highest BCUT2D eigenvalue weighted by Gasteiger charge is 2.58. The highest BCUT2D eigenvalue weighted by molar-refractivity contribution is 8.17. The molecule has 1 N–H and O–H groups in total. The molecule has 6 heteroatoms. The second kappa shape index (κ2) is 7.28. The zero-order valence-corrected chi connectivity index (χ0v) is 18.3. The van der Waals surface area contributed by atoms with E-state index in [1.165, 1.54) is 11.8 Å². The zero-order valence-electron chi connectivity index (χ0n) is 17.5. The van der Waals surface area contributed by atoms with Gasteiger partial charge in [-0.05, 0) is 47.5 Å². The van der Waals surface area contributed by atoms with Gasteiger partial charge in [0.1, 0.15) is 5.75 Å². The van der Waals surface area contributed by atoms with Crippen LogP contribution in [0.1, 0.15) is 34.7 Å². The van der Waals surface area contributed by atoms with Gasteiger partial charge >= 0.3 is 5.85 Å². The molecule has 32 heavy (non-hydrogen) atoms. The predicted molar refractivity (Wildman–Crippen MR) is 127 cm³/mol. The summed E-state index contributed by atoms with van der Waals surface area (Å²) in [4.78, 5) is 13.5. The third-order valence-electron chi connectivity index (χ3n) is 6.16. The lowest BCUT2D eigenvalue weighted by Gasteiger charge is -2.45. The number of fused-ring (bicyclic) bond motifs is 4. The van der Waals surface area contributed by atoms with E-state index in [0.29, 0.717) is 0 Å². The van der Waals surface area contributed by atoms with Crippen molar-refractivity contribution in [3.05, 3.63) is 106 Å². The Labute approximate surface area is 190 Å². The average Bonchev–Trinajstić information content (AvgIpc) is 3.39. The lowest BCUT2D eigenvalue weighted by Crippen LogP contribution is -2.61. The first-order valence-corrected chi connectivity index (χ1v) is 11.4. The van der Waals surface area contributed by atoms with E-state index >= 15 is 0 Å². The Balaban J connectivity index is 1.53. The van der Waals surface area contributed by atoms with Gasteiger partial charge in [-0.25, -0.2) is 5.01 Å². The van der Waals surface area contributed by atoms with E-state index in [0.717, 1.165) is 45.0 Å². The standard InChI is InChI=1S/C26H21N3O2S/c1-17-9-5-6-12-19(17)15-24-26(27-25(30)32-24)29-22(20-13-7-8-14-23(20)31-26)16-21(28-29)18-10-3-2-4-11-18/h2-15,22H,16H2,1H3,(H,27,30)/b24-15-/t22-,26+/m0/s1. The van der Waals surface area contributed by atoms with E-state index < -0.39 is 5.85 Å². The van der Waals surface area contributed by atoms with Crippen LogP contribution < -0.4 is 10.1 Å². The van der Waals surface area contributed by atoms with Crippen LogP contribution in [0, 0.1) is 6.92 Å². The number of nitrogens with zero attached hydrogens (tertiary/aromatic N) is 2. The molecule has 0 radical (unpaired) electrons. The van der Waals surface area contributed by atoms with Gasteiger partial charge in [0.2, 0.25) is 0 Å². The molecule has 0 saturated carbocycles. The third kappa shape index (κ3) is 2.94. The van der Waals surface area contributed by atoms with Gasteiger partial charge in [0.15, 0.2) is 0 Å². The number of thioether (sulfide) groups is 1. The molecule has 1 amide bonds. The summed E-state index contributed by atoms with van der Waals surface area (Å²) in [6.07, 6.45) is 2.78. The molecule has 0 aliphatic carbocycles. The Bertz CT molecular complexity index is 1290. The van der Waals surface area contributed by atoms with E-state index in [2.05, 4.69) is 42.6 Å². The molecule has 1 spiro atoms. The molecule has 0 unspecified atom stereocenters. The van der Waals surface area contributed by atoms with Gasteiger partial charge in [-0.2, -0.15) is 5.10 Å². The molecule has 3 heterocycles. The minimum Gasteiger partial charge on any atom is -0.444 e.